The van der Waals surface area contributed by atoms with Crippen molar-refractivity contribution in [2.75, 3.05) is 24.6 Å². The van der Waals surface area contributed by atoms with Gasteiger partial charge >= 0.3 is 0 Å². The van der Waals surface area contributed by atoms with Crippen LogP contribution in [-0.2, 0) is 14.6 Å². The summed E-state index contributed by atoms with van der Waals surface area (Å²) in [6.07, 6.45) is 0.413. The average molecular weight is 329 g/mol. The van der Waals surface area contributed by atoms with Crippen LogP contribution in [0.2, 0.25) is 0 Å². The van der Waals surface area contributed by atoms with E-state index in [4.69, 9.17) is 4.52 Å². The van der Waals surface area contributed by atoms with Crippen LogP contribution in [0.1, 0.15) is 29.6 Å². The van der Waals surface area contributed by atoms with Gasteiger partial charge in [0, 0.05) is 18.7 Å². The molecule has 1 saturated heterocycles. The van der Waals surface area contributed by atoms with Crippen molar-refractivity contribution >= 4 is 21.7 Å². The molecule has 122 valence electrons. The molecule has 0 aliphatic carbocycles. The molecule has 0 spiro atoms. The summed E-state index contributed by atoms with van der Waals surface area (Å²) in [6, 6.07) is 1.13. The van der Waals surface area contributed by atoms with Crippen LogP contribution in [0.5, 0.6) is 0 Å². The van der Waals surface area contributed by atoms with Crippen molar-refractivity contribution in [2.24, 2.45) is 0 Å². The summed E-state index contributed by atoms with van der Waals surface area (Å²) < 4.78 is 27.6. The van der Waals surface area contributed by atoms with Crippen LogP contribution < -0.4 is 5.32 Å². The molecule has 8 nitrogen and oxygen atoms in total. The molecule has 1 aliphatic heterocycles. The van der Waals surface area contributed by atoms with Crippen molar-refractivity contribution in [1.82, 2.24) is 15.4 Å². The van der Waals surface area contributed by atoms with E-state index in [9.17, 15) is 18.0 Å². The molecule has 2 heterocycles. The molecule has 0 aromatic carbocycles. The molecule has 1 aromatic heterocycles. The van der Waals surface area contributed by atoms with Crippen molar-refractivity contribution in [3.8, 4) is 0 Å². The first kappa shape index (κ1) is 16.5. The van der Waals surface area contributed by atoms with Gasteiger partial charge in [0.2, 0.25) is 5.91 Å². The molecule has 2 amide bonds. The van der Waals surface area contributed by atoms with E-state index in [0.29, 0.717) is 18.7 Å². The standard InChI is InChI=1S/C13H19N3O5S/c1-3-16(13(18)11-6-9(2)21-15-11)7-12(17)14-10-4-5-22(19,20)8-10/h6,10H,3-5,7-8H2,1-2H3,(H,14,17). The third kappa shape index (κ3) is 4.06. The van der Waals surface area contributed by atoms with E-state index >= 15 is 0 Å². The minimum Gasteiger partial charge on any atom is -0.361 e. The molecule has 1 fully saturated rings. The number of carbonyl (C=O) groups excluding carboxylic acids is 2. The van der Waals surface area contributed by atoms with E-state index in [1.54, 1.807) is 13.8 Å². The normalized spacial score (nSPS) is 19.8. The topological polar surface area (TPSA) is 110 Å². The van der Waals surface area contributed by atoms with Crippen LogP contribution in [0, 0.1) is 6.92 Å². The van der Waals surface area contributed by atoms with Crippen molar-refractivity contribution in [2.45, 2.75) is 26.3 Å². The smallest absolute Gasteiger partial charge is 0.276 e. The van der Waals surface area contributed by atoms with Gasteiger partial charge < -0.3 is 14.7 Å². The molecule has 1 atom stereocenters. The van der Waals surface area contributed by atoms with Crippen LogP contribution >= 0.6 is 0 Å². The molecule has 0 bridgehead atoms. The molecule has 1 N–H and O–H groups in total. The van der Waals surface area contributed by atoms with Gasteiger partial charge in [0.1, 0.15) is 5.76 Å². The molecule has 1 aromatic rings. The van der Waals surface area contributed by atoms with Gasteiger partial charge in [0.05, 0.1) is 18.1 Å². The zero-order valence-electron chi connectivity index (χ0n) is 12.5. The Kier molecular flexibility index (Phi) is 4.84. The summed E-state index contributed by atoms with van der Waals surface area (Å²) in [5.74, 6) is -0.209. The fourth-order valence-corrected chi connectivity index (χ4v) is 3.99. The molecule has 2 rings (SSSR count). The Labute approximate surface area is 128 Å². The van der Waals surface area contributed by atoms with Crippen molar-refractivity contribution < 1.29 is 22.5 Å². The Morgan fingerprint density at radius 3 is 2.73 bits per heavy atom. The number of nitrogens with zero attached hydrogens (tertiary/aromatic N) is 2. The predicted molar refractivity (Wildman–Crippen MR) is 78.0 cm³/mol. The largest absolute Gasteiger partial charge is 0.361 e. The molecule has 9 heteroatoms. The highest BCUT2D eigenvalue weighted by Crippen LogP contribution is 2.11. The summed E-state index contributed by atoms with van der Waals surface area (Å²) in [5.41, 5.74) is 0.149. The number of aryl methyl sites for hydroxylation is 1. The SMILES string of the molecule is CCN(CC(=O)NC1CCS(=O)(=O)C1)C(=O)c1cc(C)on1. The summed E-state index contributed by atoms with van der Waals surface area (Å²) in [4.78, 5) is 25.5. The highest BCUT2D eigenvalue weighted by Gasteiger charge is 2.29. The van der Waals surface area contributed by atoms with E-state index in [2.05, 4.69) is 10.5 Å². The van der Waals surface area contributed by atoms with Gasteiger partial charge in [0.15, 0.2) is 15.5 Å². The monoisotopic (exact) mass is 329 g/mol. The molecule has 1 aliphatic rings. The lowest BCUT2D eigenvalue weighted by Crippen LogP contribution is -2.44. The van der Waals surface area contributed by atoms with E-state index in [0.717, 1.165) is 0 Å². The maximum atomic E-state index is 12.2. The van der Waals surface area contributed by atoms with Gasteiger partial charge in [-0.2, -0.15) is 0 Å². The molecule has 0 radical (unpaired) electrons. The second-order valence-electron chi connectivity index (χ2n) is 5.31. The fourth-order valence-electron chi connectivity index (χ4n) is 2.31. The van der Waals surface area contributed by atoms with E-state index in [1.165, 1.54) is 11.0 Å². The quantitative estimate of drug-likeness (QED) is 0.797. The van der Waals surface area contributed by atoms with Crippen molar-refractivity contribution in [1.29, 1.82) is 0 Å². The number of carbonyl (C=O) groups is 2. The highest BCUT2D eigenvalue weighted by atomic mass is 32.2. The van der Waals surface area contributed by atoms with Gasteiger partial charge in [0.25, 0.3) is 5.91 Å². The highest BCUT2D eigenvalue weighted by molar-refractivity contribution is 7.91. The summed E-state index contributed by atoms with van der Waals surface area (Å²) in [7, 11) is -3.05. The van der Waals surface area contributed by atoms with Crippen LogP contribution in [0.15, 0.2) is 10.6 Å². The maximum absolute atomic E-state index is 12.2. The summed E-state index contributed by atoms with van der Waals surface area (Å²) in [6.45, 7) is 3.62. The zero-order valence-corrected chi connectivity index (χ0v) is 13.4. The van der Waals surface area contributed by atoms with E-state index in [1.807, 2.05) is 0 Å². The van der Waals surface area contributed by atoms with Crippen LogP contribution in [0.4, 0.5) is 0 Å². The van der Waals surface area contributed by atoms with Crippen molar-refractivity contribution in [3.63, 3.8) is 0 Å². The first-order valence-corrected chi connectivity index (χ1v) is 8.85. The Morgan fingerprint density at radius 1 is 1.50 bits per heavy atom. The van der Waals surface area contributed by atoms with E-state index in [-0.39, 0.29) is 35.7 Å². The predicted octanol–water partition coefficient (Wildman–Crippen LogP) is -0.252. The minimum absolute atomic E-state index is 0.0404. The van der Waals surface area contributed by atoms with Gasteiger partial charge in [-0.1, -0.05) is 5.16 Å². The lowest BCUT2D eigenvalue weighted by molar-refractivity contribution is -0.122. The van der Waals surface area contributed by atoms with Crippen molar-refractivity contribution in [3.05, 3.63) is 17.5 Å². The molecule has 1 unspecified atom stereocenters. The maximum Gasteiger partial charge on any atom is 0.276 e. The van der Waals surface area contributed by atoms with Crippen LogP contribution in [0.25, 0.3) is 0 Å². The van der Waals surface area contributed by atoms with E-state index < -0.39 is 15.7 Å². The number of nitrogens with one attached hydrogen (secondary N) is 1. The number of likely N-dealkylation sites (N-methyl/N-ethyl adjacent to an activating group) is 1. The second-order valence-corrected chi connectivity index (χ2v) is 7.54. The number of amides is 2. The molecule has 0 saturated carbocycles. The minimum atomic E-state index is -3.05. The lowest BCUT2D eigenvalue weighted by atomic mass is 10.2. The first-order chi connectivity index (χ1) is 10.3. The van der Waals surface area contributed by atoms with Gasteiger partial charge in [-0.05, 0) is 20.3 Å². The third-order valence-corrected chi connectivity index (χ3v) is 5.22. The second kappa shape index (κ2) is 6.47. The average Bonchev–Trinajstić information content (AvgIpc) is 3.01. The van der Waals surface area contributed by atoms with Gasteiger partial charge in [-0.15, -0.1) is 0 Å². The Balaban J connectivity index is 1.92. The fraction of sp³-hybridized carbons (Fsp3) is 0.615. The molecular formula is C13H19N3O5S. The van der Waals surface area contributed by atoms with Crippen LogP contribution in [-0.4, -0.2) is 60.9 Å². The number of sulfone groups is 1. The number of rotatable bonds is 5. The first-order valence-electron chi connectivity index (χ1n) is 7.03. The lowest BCUT2D eigenvalue weighted by Gasteiger charge is -2.20. The summed E-state index contributed by atoms with van der Waals surface area (Å²) >= 11 is 0. The Hall–Kier alpha value is -1.90. The van der Waals surface area contributed by atoms with Gasteiger partial charge in [-0.3, -0.25) is 9.59 Å². The van der Waals surface area contributed by atoms with Gasteiger partial charge in [-0.25, -0.2) is 8.42 Å². The molecular weight excluding hydrogens is 310 g/mol. The van der Waals surface area contributed by atoms with Crippen LogP contribution in [0.3, 0.4) is 0 Å². The number of aromatic nitrogens is 1. The Morgan fingerprint density at radius 2 is 2.23 bits per heavy atom. The zero-order chi connectivity index (χ0) is 16.3. The molecule has 22 heavy (non-hydrogen) atoms. The summed E-state index contributed by atoms with van der Waals surface area (Å²) in [5, 5.41) is 6.29. The third-order valence-electron chi connectivity index (χ3n) is 3.45. The number of hydrogen-bond donors (Lipinski definition) is 1. The Bertz CT molecular complexity index is 667. The number of hydrogen-bond acceptors (Lipinski definition) is 6.